The average molecular weight is 660 g/mol. The number of nitrogens with two attached hydrogens (primary N) is 2. The van der Waals surface area contributed by atoms with Crippen LogP contribution >= 0.6 is 0 Å². The van der Waals surface area contributed by atoms with Crippen LogP contribution in [0.5, 0.6) is 5.75 Å². The highest BCUT2D eigenvalue weighted by Gasteiger charge is 2.43. The number of anilines is 2. The van der Waals surface area contributed by atoms with Crippen molar-refractivity contribution >= 4 is 28.6 Å². The monoisotopic (exact) mass is 659 g/mol. The summed E-state index contributed by atoms with van der Waals surface area (Å²) in [7, 11) is 1.22. The van der Waals surface area contributed by atoms with Crippen molar-refractivity contribution in [2.75, 3.05) is 30.4 Å². The second-order valence-corrected chi connectivity index (χ2v) is 12.2. The van der Waals surface area contributed by atoms with Crippen molar-refractivity contribution in [2.45, 2.75) is 63.8 Å². The molecule has 0 saturated carbocycles. The van der Waals surface area contributed by atoms with Gasteiger partial charge in [-0.05, 0) is 42.9 Å². The van der Waals surface area contributed by atoms with Crippen LogP contribution in [0, 0.1) is 17.6 Å². The fourth-order valence-electron chi connectivity index (χ4n) is 5.84. The van der Waals surface area contributed by atoms with E-state index in [-0.39, 0.29) is 53.8 Å². The highest BCUT2D eigenvalue weighted by atomic mass is 19.3. The number of alkyl halides is 2. The molecule has 0 unspecified atom stereocenters. The molecule has 4 aromatic rings. The third kappa shape index (κ3) is 7.13. The lowest BCUT2D eigenvalue weighted by Crippen LogP contribution is -2.63. The molecule has 1 aliphatic heterocycles. The minimum atomic E-state index is -3.04. The summed E-state index contributed by atoms with van der Waals surface area (Å²) >= 11 is 0. The van der Waals surface area contributed by atoms with Crippen LogP contribution < -0.4 is 26.4 Å². The second-order valence-electron chi connectivity index (χ2n) is 12.2. The van der Waals surface area contributed by atoms with Crippen molar-refractivity contribution in [1.82, 2.24) is 24.5 Å². The number of aliphatic hydroxyl groups is 1. The van der Waals surface area contributed by atoms with Gasteiger partial charge in [0.25, 0.3) is 6.43 Å². The van der Waals surface area contributed by atoms with E-state index in [1.165, 1.54) is 26.0 Å². The van der Waals surface area contributed by atoms with Crippen LogP contribution in [0.3, 0.4) is 0 Å². The lowest BCUT2D eigenvalue weighted by Gasteiger charge is -2.44. The van der Waals surface area contributed by atoms with Gasteiger partial charge in [0, 0.05) is 24.7 Å². The number of hydrogen-bond acceptors (Lipinski definition) is 10. The number of fused-ring (bicyclic) bond motifs is 1. The molecule has 1 saturated heterocycles. The molecule has 1 fully saturated rings. The number of methoxy groups -OCH3 is 1. The first-order valence-corrected chi connectivity index (χ1v) is 15.1. The Hall–Kier alpha value is -4.41. The van der Waals surface area contributed by atoms with Gasteiger partial charge in [0.15, 0.2) is 28.5 Å². The van der Waals surface area contributed by atoms with Gasteiger partial charge in [0.05, 0.1) is 49.1 Å². The zero-order valence-electron chi connectivity index (χ0n) is 26.1. The Morgan fingerprint density at radius 3 is 2.62 bits per heavy atom. The zero-order valence-corrected chi connectivity index (χ0v) is 26.1. The minimum absolute atomic E-state index is 0.0599. The summed E-state index contributed by atoms with van der Waals surface area (Å²) in [5, 5.41) is 13.0. The number of imidazole rings is 1. The Bertz CT molecular complexity index is 1750. The van der Waals surface area contributed by atoms with Gasteiger partial charge in [-0.3, -0.25) is 9.78 Å². The van der Waals surface area contributed by atoms with Crippen molar-refractivity contribution in [2.24, 2.45) is 17.4 Å². The van der Waals surface area contributed by atoms with Gasteiger partial charge in [-0.1, -0.05) is 13.8 Å². The van der Waals surface area contributed by atoms with Crippen LogP contribution in [0.2, 0.25) is 0 Å². The summed E-state index contributed by atoms with van der Waals surface area (Å²) in [6, 6.07) is 2.69. The molecule has 4 heterocycles. The number of piperidine rings is 1. The van der Waals surface area contributed by atoms with E-state index < -0.39 is 41.7 Å². The van der Waals surface area contributed by atoms with Gasteiger partial charge in [-0.15, -0.1) is 0 Å². The first-order chi connectivity index (χ1) is 22.3. The predicted molar refractivity (Wildman–Crippen MR) is 167 cm³/mol. The highest BCUT2D eigenvalue weighted by molar-refractivity contribution is 5.99. The Labute approximate surface area is 268 Å². The SMILES string of the molecule is COc1cc(F)c(-c2cc(Cn3cnc4c(NC(=O)[C@@H](N)CC(C)C)ncnc43)c(N3CCC[C@](N)([C@H](O)C(F)F)C3)cn2)cc1F. The Balaban J connectivity index is 1.55. The molecule has 1 aromatic carbocycles. The standard InChI is InChI=1S/C31H37F4N9O3/c1-16(2)7-21(36)30(46)42-28-25-29(40-14-39-28)44(15-41-25)12-17-8-22(18-9-20(33)24(47-3)10-19(18)32)38-11-23(17)43-6-4-5-31(37,13-43)26(45)27(34)35/h8-11,14-16,21,26-27,45H,4-7,12-13,36-37H2,1-3H3,(H,39,40,42,46)/t21-,26+,31+/m0/s1. The molecule has 0 bridgehead atoms. The third-order valence-electron chi connectivity index (χ3n) is 8.25. The number of halogens is 4. The summed E-state index contributed by atoms with van der Waals surface area (Å²) in [6.07, 6.45) is 0.113. The molecule has 5 rings (SSSR count). The normalized spacial score (nSPS) is 18.2. The number of aromatic nitrogens is 5. The Morgan fingerprint density at radius 2 is 1.91 bits per heavy atom. The molecular weight excluding hydrogens is 622 g/mol. The largest absolute Gasteiger partial charge is 0.494 e. The third-order valence-corrected chi connectivity index (χ3v) is 8.25. The molecular formula is C31H37F4N9O3. The van der Waals surface area contributed by atoms with E-state index >= 15 is 4.39 Å². The van der Waals surface area contributed by atoms with Crippen LogP contribution in [-0.4, -0.2) is 79.8 Å². The summed E-state index contributed by atoms with van der Waals surface area (Å²) in [5.41, 5.74) is 12.3. The number of benzene rings is 1. The van der Waals surface area contributed by atoms with Gasteiger partial charge in [-0.25, -0.2) is 32.5 Å². The minimum Gasteiger partial charge on any atom is -0.494 e. The number of nitrogens with zero attached hydrogens (tertiary/aromatic N) is 6. The first kappa shape index (κ1) is 33.9. The maximum Gasteiger partial charge on any atom is 0.265 e. The first-order valence-electron chi connectivity index (χ1n) is 15.1. The van der Waals surface area contributed by atoms with Crippen LogP contribution in [0.4, 0.5) is 29.1 Å². The topological polar surface area (TPSA) is 170 Å². The molecule has 0 radical (unpaired) electrons. The van der Waals surface area contributed by atoms with Crippen molar-refractivity contribution in [3.8, 4) is 17.0 Å². The number of hydrogen-bond donors (Lipinski definition) is 4. The van der Waals surface area contributed by atoms with Gasteiger partial charge in [0.2, 0.25) is 5.91 Å². The van der Waals surface area contributed by atoms with Gasteiger partial charge < -0.3 is 36.1 Å². The van der Waals surface area contributed by atoms with Crippen LogP contribution in [0.25, 0.3) is 22.4 Å². The highest BCUT2D eigenvalue weighted by Crippen LogP contribution is 2.35. The summed E-state index contributed by atoms with van der Waals surface area (Å²) in [4.78, 5) is 31.8. The molecule has 252 valence electrons. The van der Waals surface area contributed by atoms with Crippen molar-refractivity contribution in [1.29, 1.82) is 0 Å². The number of nitrogens with one attached hydrogen (secondary N) is 1. The van der Waals surface area contributed by atoms with Gasteiger partial charge in [-0.2, -0.15) is 0 Å². The van der Waals surface area contributed by atoms with E-state index in [9.17, 15) is 23.1 Å². The second kappa shape index (κ2) is 13.8. The number of ether oxygens (including phenoxy) is 1. The summed E-state index contributed by atoms with van der Waals surface area (Å²) in [6.45, 7) is 4.26. The lowest BCUT2D eigenvalue weighted by molar-refractivity contribution is -0.117. The van der Waals surface area contributed by atoms with Crippen molar-refractivity contribution in [3.05, 3.63) is 54.2 Å². The van der Waals surface area contributed by atoms with E-state index in [0.29, 0.717) is 36.3 Å². The molecule has 0 aliphatic carbocycles. The lowest BCUT2D eigenvalue weighted by atomic mass is 9.84. The zero-order chi connectivity index (χ0) is 34.0. The smallest absolute Gasteiger partial charge is 0.265 e. The van der Waals surface area contributed by atoms with Crippen LogP contribution in [0.15, 0.2) is 37.1 Å². The van der Waals surface area contributed by atoms with Gasteiger partial charge in [0.1, 0.15) is 18.2 Å². The van der Waals surface area contributed by atoms with Crippen LogP contribution in [-0.2, 0) is 11.3 Å². The predicted octanol–water partition coefficient (Wildman–Crippen LogP) is 3.46. The summed E-state index contributed by atoms with van der Waals surface area (Å²) < 4.78 is 63.4. The number of pyridine rings is 1. The number of carbonyl (C=O) groups is 1. The number of rotatable bonds is 11. The molecule has 47 heavy (non-hydrogen) atoms. The molecule has 3 atom stereocenters. The molecule has 6 N–H and O–H groups in total. The molecule has 1 aliphatic rings. The molecule has 16 heteroatoms. The number of carbonyl (C=O) groups excluding carboxylic acids is 1. The Kier molecular flexibility index (Phi) is 9.93. The molecule has 0 spiro atoms. The molecule has 3 aromatic heterocycles. The summed E-state index contributed by atoms with van der Waals surface area (Å²) in [5.74, 6) is -1.90. The molecule has 12 nitrogen and oxygen atoms in total. The Morgan fingerprint density at radius 1 is 1.15 bits per heavy atom. The number of aliphatic hydroxyl groups excluding tert-OH is 1. The van der Waals surface area contributed by atoms with E-state index in [1.54, 1.807) is 15.5 Å². The average Bonchev–Trinajstić information content (AvgIpc) is 3.44. The van der Waals surface area contributed by atoms with Crippen LogP contribution in [0.1, 0.15) is 38.7 Å². The van der Waals surface area contributed by atoms with E-state index in [1.807, 2.05) is 13.8 Å². The fourth-order valence-corrected chi connectivity index (χ4v) is 5.84. The maximum atomic E-state index is 15.1. The molecule has 1 amide bonds. The van der Waals surface area contributed by atoms with Crippen molar-refractivity contribution in [3.63, 3.8) is 0 Å². The quantitative estimate of drug-likeness (QED) is 0.175. The van der Waals surface area contributed by atoms with E-state index in [4.69, 9.17) is 16.2 Å². The number of amides is 1. The van der Waals surface area contributed by atoms with E-state index in [2.05, 4.69) is 25.3 Å². The van der Waals surface area contributed by atoms with Crippen molar-refractivity contribution < 1.29 is 32.2 Å². The van der Waals surface area contributed by atoms with E-state index in [0.717, 1.165) is 12.1 Å². The fraction of sp³-hybridized carbons (Fsp3) is 0.452. The maximum absolute atomic E-state index is 15.1. The van der Waals surface area contributed by atoms with Gasteiger partial charge >= 0.3 is 0 Å².